The molecule has 0 spiro atoms. The first-order valence-electron chi connectivity index (χ1n) is 11.6. The third-order valence-corrected chi connectivity index (χ3v) is 6.45. The molecular formula is C26H30N2O6. The summed E-state index contributed by atoms with van der Waals surface area (Å²) in [5.41, 5.74) is 4.52. The molecule has 1 aliphatic heterocycles. The number of alkyl carbamates (subject to hydrolysis) is 1. The lowest BCUT2D eigenvalue weighted by molar-refractivity contribution is -0.149. The van der Waals surface area contributed by atoms with Crippen LogP contribution < -0.4 is 10.6 Å². The summed E-state index contributed by atoms with van der Waals surface area (Å²) < 4.78 is 11.0. The number of ether oxygens (including phenoxy) is 2. The minimum Gasteiger partial charge on any atom is -0.479 e. The van der Waals surface area contributed by atoms with Gasteiger partial charge in [0.2, 0.25) is 5.91 Å². The molecule has 2 unspecified atom stereocenters. The van der Waals surface area contributed by atoms with Crippen molar-refractivity contribution in [3.05, 3.63) is 59.7 Å². The second kappa shape index (κ2) is 10.3. The number of carboxylic acid groups (broad SMARTS) is 1. The number of carbonyl (C=O) groups is 3. The molecule has 0 bridgehead atoms. The number of fused-ring (bicyclic) bond motifs is 3. The molecule has 1 fully saturated rings. The van der Waals surface area contributed by atoms with Gasteiger partial charge in [-0.15, -0.1) is 0 Å². The molecule has 1 heterocycles. The van der Waals surface area contributed by atoms with E-state index in [1.807, 2.05) is 50.2 Å². The van der Waals surface area contributed by atoms with E-state index in [2.05, 4.69) is 22.8 Å². The van der Waals surface area contributed by atoms with E-state index in [0.717, 1.165) is 22.3 Å². The average molecular weight is 467 g/mol. The van der Waals surface area contributed by atoms with Gasteiger partial charge in [-0.05, 0) is 41.0 Å². The number of benzene rings is 2. The maximum Gasteiger partial charge on any atom is 0.407 e. The molecule has 2 amide bonds. The normalized spacial score (nSPS) is 19.9. The number of nitrogens with one attached hydrogen (secondary N) is 2. The number of carboxylic acids is 1. The highest BCUT2D eigenvalue weighted by atomic mass is 16.5. The molecular weight excluding hydrogens is 436 g/mol. The lowest BCUT2D eigenvalue weighted by atomic mass is 9.98. The van der Waals surface area contributed by atoms with Crippen LogP contribution in [0.15, 0.2) is 48.5 Å². The van der Waals surface area contributed by atoms with Crippen molar-refractivity contribution in [3.8, 4) is 11.1 Å². The van der Waals surface area contributed by atoms with Gasteiger partial charge in [0.05, 0.1) is 6.10 Å². The van der Waals surface area contributed by atoms with E-state index in [1.54, 1.807) is 0 Å². The fourth-order valence-electron chi connectivity index (χ4n) is 4.66. The molecule has 34 heavy (non-hydrogen) atoms. The second-order valence-electron chi connectivity index (χ2n) is 9.10. The summed E-state index contributed by atoms with van der Waals surface area (Å²) in [6, 6.07) is 15.4. The summed E-state index contributed by atoms with van der Waals surface area (Å²) in [4.78, 5) is 36.4. The smallest absolute Gasteiger partial charge is 0.407 e. The predicted molar refractivity (Wildman–Crippen MR) is 125 cm³/mol. The van der Waals surface area contributed by atoms with Crippen LogP contribution in [0.5, 0.6) is 0 Å². The quantitative estimate of drug-likeness (QED) is 0.550. The van der Waals surface area contributed by atoms with Gasteiger partial charge in [0, 0.05) is 12.5 Å². The number of rotatable bonds is 8. The molecule has 3 N–H and O–H groups in total. The number of carbonyl (C=O) groups excluding carboxylic acids is 2. The Labute approximate surface area is 198 Å². The molecule has 4 rings (SSSR count). The molecule has 2 aromatic carbocycles. The number of amides is 2. The molecule has 0 saturated carbocycles. The van der Waals surface area contributed by atoms with Crippen molar-refractivity contribution in [1.82, 2.24) is 10.6 Å². The van der Waals surface area contributed by atoms with Crippen LogP contribution >= 0.6 is 0 Å². The second-order valence-corrected chi connectivity index (χ2v) is 9.10. The summed E-state index contributed by atoms with van der Waals surface area (Å²) in [6.45, 7) is 4.03. The first-order valence-corrected chi connectivity index (χ1v) is 11.6. The van der Waals surface area contributed by atoms with Crippen molar-refractivity contribution in [2.24, 2.45) is 5.92 Å². The highest BCUT2D eigenvalue weighted by Crippen LogP contribution is 2.44. The topological polar surface area (TPSA) is 114 Å². The highest BCUT2D eigenvalue weighted by molar-refractivity contribution is 5.86. The van der Waals surface area contributed by atoms with Gasteiger partial charge in [0.25, 0.3) is 0 Å². The fraction of sp³-hybridized carbons (Fsp3) is 0.423. The Balaban J connectivity index is 1.32. The molecule has 1 saturated heterocycles. The Bertz CT molecular complexity index is 1020. The number of aliphatic carboxylic acids is 1. The Morgan fingerprint density at radius 1 is 1.03 bits per heavy atom. The summed E-state index contributed by atoms with van der Waals surface area (Å²) in [5, 5.41) is 14.5. The van der Waals surface area contributed by atoms with Crippen LogP contribution in [0, 0.1) is 5.92 Å². The SMILES string of the molecule is CC(C)[C@@H](NC(=O)OCC1c2ccccc2-c2ccccc21)C(=O)NCC1CCC(C(=O)O)O1. The zero-order chi connectivity index (χ0) is 24.2. The van der Waals surface area contributed by atoms with Crippen LogP contribution in [0.3, 0.4) is 0 Å². The third kappa shape index (κ3) is 5.07. The van der Waals surface area contributed by atoms with E-state index in [0.29, 0.717) is 12.8 Å². The average Bonchev–Trinajstić information content (AvgIpc) is 3.43. The number of hydrogen-bond acceptors (Lipinski definition) is 5. The van der Waals surface area contributed by atoms with E-state index in [9.17, 15) is 14.4 Å². The first-order chi connectivity index (χ1) is 16.3. The molecule has 2 aromatic rings. The Morgan fingerprint density at radius 3 is 2.21 bits per heavy atom. The molecule has 8 heteroatoms. The van der Waals surface area contributed by atoms with Gasteiger partial charge in [-0.2, -0.15) is 0 Å². The first kappa shape index (κ1) is 23.8. The lowest BCUT2D eigenvalue weighted by Gasteiger charge is -2.23. The molecule has 0 aromatic heterocycles. The summed E-state index contributed by atoms with van der Waals surface area (Å²) in [6.07, 6.45) is -0.863. The maximum atomic E-state index is 12.7. The molecule has 8 nitrogen and oxygen atoms in total. The summed E-state index contributed by atoms with van der Waals surface area (Å²) >= 11 is 0. The predicted octanol–water partition coefficient (Wildman–Crippen LogP) is 3.30. The van der Waals surface area contributed by atoms with Crippen LogP contribution in [0.1, 0.15) is 43.7 Å². The van der Waals surface area contributed by atoms with Crippen LogP contribution in [-0.4, -0.2) is 54.5 Å². The Morgan fingerprint density at radius 2 is 1.65 bits per heavy atom. The van der Waals surface area contributed by atoms with Crippen LogP contribution in [0.4, 0.5) is 4.79 Å². The lowest BCUT2D eigenvalue weighted by Crippen LogP contribution is -2.51. The number of hydrogen-bond donors (Lipinski definition) is 3. The Hall–Kier alpha value is -3.39. The van der Waals surface area contributed by atoms with E-state index in [4.69, 9.17) is 14.6 Å². The molecule has 0 radical (unpaired) electrons. The van der Waals surface area contributed by atoms with Crippen molar-refractivity contribution in [2.75, 3.05) is 13.2 Å². The van der Waals surface area contributed by atoms with Crippen molar-refractivity contribution in [3.63, 3.8) is 0 Å². The van der Waals surface area contributed by atoms with Crippen LogP contribution in [0.25, 0.3) is 11.1 Å². The van der Waals surface area contributed by atoms with E-state index in [-0.39, 0.29) is 37.0 Å². The van der Waals surface area contributed by atoms with Crippen LogP contribution in [-0.2, 0) is 19.1 Å². The molecule has 2 aliphatic rings. The molecule has 1 aliphatic carbocycles. The monoisotopic (exact) mass is 466 g/mol. The maximum absolute atomic E-state index is 12.7. The van der Waals surface area contributed by atoms with E-state index >= 15 is 0 Å². The highest BCUT2D eigenvalue weighted by Gasteiger charge is 2.33. The largest absolute Gasteiger partial charge is 0.479 e. The van der Waals surface area contributed by atoms with Gasteiger partial charge < -0.3 is 25.2 Å². The van der Waals surface area contributed by atoms with Crippen molar-refractivity contribution in [1.29, 1.82) is 0 Å². The van der Waals surface area contributed by atoms with E-state index in [1.165, 1.54) is 0 Å². The molecule has 180 valence electrons. The van der Waals surface area contributed by atoms with Crippen LogP contribution in [0.2, 0.25) is 0 Å². The van der Waals surface area contributed by atoms with E-state index < -0.39 is 24.2 Å². The van der Waals surface area contributed by atoms with Gasteiger partial charge in [-0.1, -0.05) is 62.4 Å². The van der Waals surface area contributed by atoms with Crippen molar-refractivity contribution in [2.45, 2.75) is 50.9 Å². The van der Waals surface area contributed by atoms with Gasteiger partial charge in [-0.3, -0.25) is 4.79 Å². The fourth-order valence-corrected chi connectivity index (χ4v) is 4.66. The minimum atomic E-state index is -0.995. The standard InChI is InChI=1S/C26H30N2O6/c1-15(2)23(24(29)27-13-16-11-12-22(34-16)25(30)31)28-26(32)33-14-21-19-9-5-3-7-17(19)18-8-4-6-10-20(18)21/h3-10,15-16,21-23H,11-14H2,1-2H3,(H,27,29)(H,28,32)(H,30,31)/t16?,22?,23-/m1/s1. The van der Waals surface area contributed by atoms with Gasteiger partial charge >= 0.3 is 12.1 Å². The third-order valence-electron chi connectivity index (χ3n) is 6.45. The van der Waals surface area contributed by atoms with Crippen molar-refractivity contribution >= 4 is 18.0 Å². The van der Waals surface area contributed by atoms with Gasteiger partial charge in [-0.25, -0.2) is 9.59 Å². The zero-order valence-corrected chi connectivity index (χ0v) is 19.3. The summed E-state index contributed by atoms with van der Waals surface area (Å²) in [5.74, 6) is -1.58. The zero-order valence-electron chi connectivity index (χ0n) is 19.3. The van der Waals surface area contributed by atoms with Crippen molar-refractivity contribution < 1.29 is 29.0 Å². The minimum absolute atomic E-state index is 0.0637. The van der Waals surface area contributed by atoms with Gasteiger partial charge in [0.1, 0.15) is 12.6 Å². The summed E-state index contributed by atoms with van der Waals surface area (Å²) in [7, 11) is 0. The van der Waals surface area contributed by atoms with Gasteiger partial charge in [0.15, 0.2) is 6.10 Å². The Kier molecular flexibility index (Phi) is 7.17. The molecule has 3 atom stereocenters.